The second-order valence-corrected chi connectivity index (χ2v) is 11.8. The van der Waals surface area contributed by atoms with Gasteiger partial charge in [-0.25, -0.2) is 0 Å². The molecule has 0 aliphatic rings. The third kappa shape index (κ3) is 28.5. The van der Waals surface area contributed by atoms with Crippen molar-refractivity contribution in [3.8, 4) is 0 Å². The molecule has 5 heteroatoms. The normalized spacial score (nSPS) is 14.4. The maximum Gasteiger partial charge on any atom is 0.220 e. The van der Waals surface area contributed by atoms with Crippen molar-refractivity contribution in [1.29, 1.82) is 0 Å². The summed E-state index contributed by atoms with van der Waals surface area (Å²) < 4.78 is 0. The molecule has 0 heterocycles. The van der Waals surface area contributed by atoms with Gasteiger partial charge in [0.1, 0.15) is 0 Å². The minimum absolute atomic E-state index is 0.0905. The lowest BCUT2D eigenvalue weighted by atomic mass is 10.0. The van der Waals surface area contributed by atoms with Crippen LogP contribution in [0.5, 0.6) is 0 Å². The molecule has 1 unspecified atom stereocenters. The van der Waals surface area contributed by atoms with E-state index in [2.05, 4.69) is 37.4 Å². The molecule has 5 nitrogen and oxygen atoms in total. The molecule has 0 radical (unpaired) electrons. The molecular weight excluding hydrogens is 510 g/mol. The van der Waals surface area contributed by atoms with Crippen LogP contribution in [-0.4, -0.2) is 46.1 Å². The number of amides is 1. The molecule has 240 valence electrons. The Labute approximate surface area is 254 Å². The van der Waals surface area contributed by atoms with Crippen molar-refractivity contribution in [3.05, 3.63) is 36.5 Å². The lowest BCUT2D eigenvalue weighted by Crippen LogP contribution is -2.45. The number of nitrogens with one attached hydrogen (secondary N) is 1. The van der Waals surface area contributed by atoms with E-state index in [1.807, 2.05) is 18.2 Å². The SMILES string of the molecule is CC/C=C/C/C=C/C=C/C(O)CCCCCCCC(=O)N[C@@H](CO)[C@H](O)CCCCCCCCCCCCCCC. The van der Waals surface area contributed by atoms with E-state index in [0.29, 0.717) is 12.8 Å². The van der Waals surface area contributed by atoms with E-state index in [9.17, 15) is 20.1 Å². The number of aliphatic hydroxyl groups excluding tert-OH is 3. The zero-order valence-electron chi connectivity index (χ0n) is 26.9. The van der Waals surface area contributed by atoms with Gasteiger partial charge in [-0.2, -0.15) is 0 Å². The van der Waals surface area contributed by atoms with Crippen molar-refractivity contribution in [3.63, 3.8) is 0 Å². The molecule has 0 aliphatic heterocycles. The molecule has 0 aromatic heterocycles. The molecule has 1 amide bonds. The van der Waals surface area contributed by atoms with Crippen LogP contribution in [-0.2, 0) is 4.79 Å². The average molecular weight is 578 g/mol. The summed E-state index contributed by atoms with van der Waals surface area (Å²) in [7, 11) is 0. The number of unbranched alkanes of at least 4 members (excludes halogenated alkanes) is 16. The molecule has 0 saturated carbocycles. The zero-order valence-corrected chi connectivity index (χ0v) is 26.9. The van der Waals surface area contributed by atoms with Crippen LogP contribution >= 0.6 is 0 Å². The fraction of sp³-hybridized carbons (Fsp3) is 0.806. The van der Waals surface area contributed by atoms with Gasteiger partial charge in [0.25, 0.3) is 0 Å². The minimum atomic E-state index is -0.689. The number of rotatable bonds is 30. The predicted molar refractivity (Wildman–Crippen MR) is 176 cm³/mol. The molecule has 0 rings (SSSR count). The van der Waals surface area contributed by atoms with Gasteiger partial charge in [0.15, 0.2) is 0 Å². The summed E-state index contributed by atoms with van der Waals surface area (Å²) >= 11 is 0. The first-order valence-electron chi connectivity index (χ1n) is 17.3. The van der Waals surface area contributed by atoms with Crippen LogP contribution in [0, 0.1) is 0 Å². The largest absolute Gasteiger partial charge is 0.394 e. The predicted octanol–water partition coefficient (Wildman–Crippen LogP) is 8.87. The highest BCUT2D eigenvalue weighted by Gasteiger charge is 2.19. The summed E-state index contributed by atoms with van der Waals surface area (Å²) in [6, 6.07) is -0.572. The highest BCUT2D eigenvalue weighted by Crippen LogP contribution is 2.14. The van der Waals surface area contributed by atoms with Gasteiger partial charge in [0, 0.05) is 6.42 Å². The van der Waals surface area contributed by atoms with E-state index in [0.717, 1.165) is 64.2 Å². The highest BCUT2D eigenvalue weighted by molar-refractivity contribution is 5.76. The second kappa shape index (κ2) is 31.5. The Hall–Kier alpha value is -1.43. The van der Waals surface area contributed by atoms with Gasteiger partial charge >= 0.3 is 0 Å². The van der Waals surface area contributed by atoms with Crippen LogP contribution in [0.3, 0.4) is 0 Å². The fourth-order valence-corrected chi connectivity index (χ4v) is 5.07. The van der Waals surface area contributed by atoms with Gasteiger partial charge in [0.05, 0.1) is 24.9 Å². The molecule has 0 fully saturated rings. The van der Waals surface area contributed by atoms with Crippen molar-refractivity contribution in [2.24, 2.45) is 0 Å². The van der Waals surface area contributed by atoms with Crippen LogP contribution in [0.15, 0.2) is 36.5 Å². The Balaban J connectivity index is 3.71. The number of hydrogen-bond acceptors (Lipinski definition) is 4. The van der Waals surface area contributed by atoms with Crippen molar-refractivity contribution in [2.45, 2.75) is 180 Å². The van der Waals surface area contributed by atoms with Gasteiger partial charge in [-0.3, -0.25) is 4.79 Å². The van der Waals surface area contributed by atoms with E-state index < -0.39 is 18.2 Å². The number of hydrogen-bond donors (Lipinski definition) is 4. The smallest absolute Gasteiger partial charge is 0.220 e. The summed E-state index contributed by atoms with van der Waals surface area (Å²) in [6.45, 7) is 4.15. The topological polar surface area (TPSA) is 89.8 Å². The number of allylic oxidation sites excluding steroid dienone is 5. The van der Waals surface area contributed by atoms with Gasteiger partial charge in [-0.1, -0.05) is 159 Å². The summed E-state index contributed by atoms with van der Waals surface area (Å²) in [5.41, 5.74) is 0. The number of aliphatic hydroxyl groups is 3. The fourth-order valence-electron chi connectivity index (χ4n) is 5.07. The van der Waals surface area contributed by atoms with Gasteiger partial charge < -0.3 is 20.6 Å². The standard InChI is InChI=1S/C36H67NO4/c1-3-5-7-9-11-12-13-14-15-16-18-22-26-30-35(40)34(32-38)37-36(41)31-27-23-19-21-25-29-33(39)28-24-20-17-10-8-6-4-2/h6,8,17,20,24,28,33-35,38-40H,3-5,7,9-16,18-19,21-23,25-27,29-32H2,1-2H3,(H,37,41)/b8-6+,20-17+,28-24+/t33?,34-,35+/m0/s1. The zero-order chi connectivity index (χ0) is 30.2. The lowest BCUT2D eigenvalue weighted by molar-refractivity contribution is -0.123. The summed E-state index contributed by atoms with van der Waals surface area (Å²) in [5, 5.41) is 33.0. The molecular formula is C36H67NO4. The first-order valence-corrected chi connectivity index (χ1v) is 17.3. The van der Waals surface area contributed by atoms with Gasteiger partial charge in [0.2, 0.25) is 5.91 Å². The Morgan fingerprint density at radius 1 is 0.659 bits per heavy atom. The van der Waals surface area contributed by atoms with E-state index in [1.165, 1.54) is 70.6 Å². The molecule has 3 atom stereocenters. The van der Waals surface area contributed by atoms with Gasteiger partial charge in [-0.15, -0.1) is 0 Å². The van der Waals surface area contributed by atoms with Crippen molar-refractivity contribution in [2.75, 3.05) is 6.61 Å². The average Bonchev–Trinajstić information content (AvgIpc) is 2.97. The van der Waals surface area contributed by atoms with Crippen LogP contribution in [0.4, 0.5) is 0 Å². The third-order valence-electron chi connectivity index (χ3n) is 7.77. The Bertz CT molecular complexity index is 645. The maximum absolute atomic E-state index is 12.3. The summed E-state index contributed by atoms with van der Waals surface area (Å²) in [4.78, 5) is 12.3. The van der Waals surface area contributed by atoms with E-state index in [-0.39, 0.29) is 12.5 Å². The van der Waals surface area contributed by atoms with E-state index >= 15 is 0 Å². The van der Waals surface area contributed by atoms with Crippen molar-refractivity contribution >= 4 is 5.91 Å². The van der Waals surface area contributed by atoms with E-state index in [1.54, 1.807) is 0 Å². The monoisotopic (exact) mass is 578 g/mol. The Morgan fingerprint density at radius 3 is 1.76 bits per heavy atom. The first-order chi connectivity index (χ1) is 20.0. The number of carbonyl (C=O) groups is 1. The molecule has 0 aromatic rings. The molecule has 0 aromatic carbocycles. The number of carbonyl (C=O) groups excluding carboxylic acids is 1. The van der Waals surface area contributed by atoms with Crippen LogP contribution in [0.1, 0.15) is 162 Å². The molecule has 0 aliphatic carbocycles. The maximum atomic E-state index is 12.3. The quantitative estimate of drug-likeness (QED) is 0.0390. The van der Waals surface area contributed by atoms with Crippen molar-refractivity contribution < 1.29 is 20.1 Å². The molecule has 0 saturated heterocycles. The third-order valence-corrected chi connectivity index (χ3v) is 7.77. The summed E-state index contributed by atoms with van der Waals surface area (Å²) in [5.74, 6) is -0.0905. The van der Waals surface area contributed by atoms with Gasteiger partial charge in [-0.05, 0) is 32.1 Å². The Kier molecular flexibility index (Phi) is 30.4. The highest BCUT2D eigenvalue weighted by atomic mass is 16.3. The Morgan fingerprint density at radius 2 is 1.20 bits per heavy atom. The first kappa shape index (κ1) is 39.6. The molecule has 0 spiro atoms. The van der Waals surface area contributed by atoms with Crippen LogP contribution in [0.25, 0.3) is 0 Å². The van der Waals surface area contributed by atoms with E-state index in [4.69, 9.17) is 0 Å². The minimum Gasteiger partial charge on any atom is -0.394 e. The second-order valence-electron chi connectivity index (χ2n) is 11.8. The molecule has 4 N–H and O–H groups in total. The van der Waals surface area contributed by atoms with Crippen LogP contribution in [0.2, 0.25) is 0 Å². The summed E-state index contributed by atoms with van der Waals surface area (Å²) in [6.07, 6.45) is 36.4. The lowest BCUT2D eigenvalue weighted by Gasteiger charge is -2.22. The molecule has 41 heavy (non-hydrogen) atoms. The van der Waals surface area contributed by atoms with Crippen molar-refractivity contribution in [1.82, 2.24) is 5.32 Å². The van der Waals surface area contributed by atoms with Crippen LogP contribution < -0.4 is 5.32 Å². The molecule has 0 bridgehead atoms.